The number of terminal acetylenes is 1. The van der Waals surface area contributed by atoms with Crippen LogP contribution in [0.5, 0.6) is 0 Å². The predicted molar refractivity (Wildman–Crippen MR) is 44.0 cm³/mol. The summed E-state index contributed by atoms with van der Waals surface area (Å²) in [5.74, 6) is 3.29. The van der Waals surface area contributed by atoms with Crippen LogP contribution in [0.4, 0.5) is 5.82 Å². The van der Waals surface area contributed by atoms with E-state index in [-0.39, 0.29) is 0 Å². The van der Waals surface area contributed by atoms with Crippen molar-refractivity contribution < 1.29 is 0 Å². The molecule has 0 saturated carbocycles. The average Bonchev–Trinajstić information content (AvgIpc) is 2.07. The first-order valence-corrected chi connectivity index (χ1v) is 3.37. The van der Waals surface area contributed by atoms with Crippen LogP contribution in [-0.4, -0.2) is 16.5 Å². The van der Waals surface area contributed by atoms with Crippen LogP contribution in [-0.2, 0) is 0 Å². The number of rotatable bonds is 3. The fraction of sp³-hybridized carbons (Fsp3) is 0.250. The smallest absolute Gasteiger partial charge is 0.144 e. The molecule has 0 bridgehead atoms. The summed E-state index contributed by atoms with van der Waals surface area (Å²) in [6.07, 6.45) is 10.7. The van der Waals surface area contributed by atoms with Crippen LogP contribution in [0.1, 0.15) is 6.42 Å². The summed E-state index contributed by atoms with van der Waals surface area (Å²) in [6, 6.07) is 0. The fourth-order valence-corrected chi connectivity index (χ4v) is 0.653. The lowest BCUT2D eigenvalue weighted by molar-refractivity contribution is 1.06. The molecule has 0 radical (unpaired) electrons. The summed E-state index contributed by atoms with van der Waals surface area (Å²) in [5.41, 5.74) is 0. The van der Waals surface area contributed by atoms with Crippen molar-refractivity contribution in [2.24, 2.45) is 0 Å². The standard InChI is InChI=1S/C8H9N3/c1-2-3-4-10-8-7-9-5-6-11-8/h1,5-7H,3-4H2,(H,10,11). The molecule has 1 aromatic rings. The largest absolute Gasteiger partial charge is 0.368 e. The van der Waals surface area contributed by atoms with Crippen LogP contribution in [0, 0.1) is 12.3 Å². The molecule has 0 aliphatic heterocycles. The van der Waals surface area contributed by atoms with Crippen molar-refractivity contribution in [3.8, 4) is 12.3 Å². The molecule has 1 heterocycles. The van der Waals surface area contributed by atoms with Crippen LogP contribution >= 0.6 is 0 Å². The highest BCUT2D eigenvalue weighted by molar-refractivity contribution is 5.29. The Balaban J connectivity index is 2.35. The van der Waals surface area contributed by atoms with Crippen LogP contribution in [0.3, 0.4) is 0 Å². The number of hydrogen-bond donors (Lipinski definition) is 1. The Bertz CT molecular complexity index is 237. The molecule has 0 fully saturated rings. The van der Waals surface area contributed by atoms with Gasteiger partial charge in [0.05, 0.1) is 6.20 Å². The maximum atomic E-state index is 5.07. The van der Waals surface area contributed by atoms with Gasteiger partial charge in [-0.15, -0.1) is 12.3 Å². The third-order valence-electron chi connectivity index (χ3n) is 1.14. The van der Waals surface area contributed by atoms with Crippen LogP contribution in [0.15, 0.2) is 18.6 Å². The van der Waals surface area contributed by atoms with Crippen molar-refractivity contribution in [3.63, 3.8) is 0 Å². The maximum absolute atomic E-state index is 5.07. The quantitative estimate of drug-likeness (QED) is 0.510. The molecular weight excluding hydrogens is 138 g/mol. The van der Waals surface area contributed by atoms with Gasteiger partial charge in [-0.2, -0.15) is 0 Å². The lowest BCUT2D eigenvalue weighted by Gasteiger charge is -1.99. The van der Waals surface area contributed by atoms with E-state index < -0.39 is 0 Å². The number of nitrogens with one attached hydrogen (secondary N) is 1. The number of hydrogen-bond acceptors (Lipinski definition) is 3. The highest BCUT2D eigenvalue weighted by Crippen LogP contribution is 1.95. The third-order valence-corrected chi connectivity index (χ3v) is 1.14. The molecule has 0 atom stereocenters. The lowest BCUT2D eigenvalue weighted by Crippen LogP contribution is -2.01. The average molecular weight is 147 g/mol. The Hall–Kier alpha value is -1.56. The van der Waals surface area contributed by atoms with Gasteiger partial charge in [0, 0.05) is 25.4 Å². The van der Waals surface area contributed by atoms with Gasteiger partial charge in [0.25, 0.3) is 0 Å². The fourth-order valence-electron chi connectivity index (χ4n) is 0.653. The second-order valence-corrected chi connectivity index (χ2v) is 1.97. The molecule has 1 aromatic heterocycles. The molecule has 11 heavy (non-hydrogen) atoms. The molecular formula is C8H9N3. The summed E-state index contributed by atoms with van der Waals surface area (Å²) >= 11 is 0. The Morgan fingerprint density at radius 1 is 1.55 bits per heavy atom. The molecule has 0 aliphatic rings. The minimum Gasteiger partial charge on any atom is -0.368 e. The highest BCUT2D eigenvalue weighted by atomic mass is 15.0. The van der Waals surface area contributed by atoms with Gasteiger partial charge < -0.3 is 5.32 Å². The van der Waals surface area contributed by atoms with E-state index in [2.05, 4.69) is 21.2 Å². The van der Waals surface area contributed by atoms with Crippen molar-refractivity contribution >= 4 is 5.82 Å². The summed E-state index contributed by atoms with van der Waals surface area (Å²) in [7, 11) is 0. The zero-order valence-electron chi connectivity index (χ0n) is 6.12. The molecule has 0 unspecified atom stereocenters. The van der Waals surface area contributed by atoms with E-state index in [1.54, 1.807) is 18.6 Å². The molecule has 1 N–H and O–H groups in total. The molecule has 0 aromatic carbocycles. The molecule has 0 saturated heterocycles. The summed E-state index contributed by atoms with van der Waals surface area (Å²) < 4.78 is 0. The Labute approximate surface area is 65.9 Å². The van der Waals surface area contributed by atoms with Gasteiger partial charge in [-0.05, 0) is 0 Å². The molecule has 1 rings (SSSR count). The second-order valence-electron chi connectivity index (χ2n) is 1.97. The molecule has 56 valence electrons. The topological polar surface area (TPSA) is 37.8 Å². The van der Waals surface area contributed by atoms with Gasteiger partial charge in [0.15, 0.2) is 0 Å². The van der Waals surface area contributed by atoms with Gasteiger partial charge in [-0.1, -0.05) is 0 Å². The first kappa shape index (κ1) is 7.55. The van der Waals surface area contributed by atoms with Gasteiger partial charge in [-0.3, -0.25) is 4.98 Å². The zero-order valence-corrected chi connectivity index (χ0v) is 6.12. The van der Waals surface area contributed by atoms with Crippen molar-refractivity contribution in [1.82, 2.24) is 9.97 Å². The Morgan fingerprint density at radius 2 is 2.45 bits per heavy atom. The van der Waals surface area contributed by atoms with E-state index in [0.29, 0.717) is 6.42 Å². The Kier molecular flexibility index (Phi) is 2.94. The van der Waals surface area contributed by atoms with E-state index in [4.69, 9.17) is 6.42 Å². The van der Waals surface area contributed by atoms with Crippen molar-refractivity contribution in [1.29, 1.82) is 0 Å². The van der Waals surface area contributed by atoms with Crippen molar-refractivity contribution in [2.75, 3.05) is 11.9 Å². The summed E-state index contributed by atoms with van der Waals surface area (Å²) in [6.45, 7) is 0.745. The number of aromatic nitrogens is 2. The molecule has 3 heteroatoms. The predicted octanol–water partition coefficient (Wildman–Crippen LogP) is 0.912. The maximum Gasteiger partial charge on any atom is 0.144 e. The normalized spacial score (nSPS) is 8.64. The number of nitrogens with zero attached hydrogens (tertiary/aromatic N) is 2. The van der Waals surface area contributed by atoms with E-state index in [9.17, 15) is 0 Å². The van der Waals surface area contributed by atoms with Crippen LogP contribution < -0.4 is 5.32 Å². The SMILES string of the molecule is C#CCCNc1cnccn1. The molecule has 0 aliphatic carbocycles. The molecule has 0 spiro atoms. The van der Waals surface area contributed by atoms with Crippen molar-refractivity contribution in [2.45, 2.75) is 6.42 Å². The van der Waals surface area contributed by atoms with Gasteiger partial charge in [0.2, 0.25) is 0 Å². The minimum atomic E-state index is 0.705. The van der Waals surface area contributed by atoms with E-state index in [1.807, 2.05) is 0 Å². The Morgan fingerprint density at radius 3 is 3.09 bits per heavy atom. The van der Waals surface area contributed by atoms with Crippen molar-refractivity contribution in [3.05, 3.63) is 18.6 Å². The third kappa shape index (κ3) is 2.67. The molecule has 0 amide bonds. The van der Waals surface area contributed by atoms with E-state index >= 15 is 0 Å². The number of anilines is 1. The second kappa shape index (κ2) is 4.29. The van der Waals surface area contributed by atoms with Gasteiger partial charge >= 0.3 is 0 Å². The van der Waals surface area contributed by atoms with Crippen LogP contribution in [0.25, 0.3) is 0 Å². The first-order valence-electron chi connectivity index (χ1n) is 3.37. The van der Waals surface area contributed by atoms with E-state index in [1.165, 1.54) is 0 Å². The van der Waals surface area contributed by atoms with Crippen LogP contribution in [0.2, 0.25) is 0 Å². The lowest BCUT2D eigenvalue weighted by atomic mass is 10.4. The first-order chi connectivity index (χ1) is 5.43. The van der Waals surface area contributed by atoms with E-state index in [0.717, 1.165) is 12.4 Å². The zero-order chi connectivity index (χ0) is 7.94. The summed E-state index contributed by atoms with van der Waals surface area (Å²) in [5, 5.41) is 3.03. The highest BCUT2D eigenvalue weighted by Gasteiger charge is 1.87. The monoisotopic (exact) mass is 147 g/mol. The molecule has 3 nitrogen and oxygen atoms in total. The van der Waals surface area contributed by atoms with Gasteiger partial charge in [-0.25, -0.2) is 4.98 Å². The minimum absolute atomic E-state index is 0.705. The van der Waals surface area contributed by atoms with Gasteiger partial charge in [0.1, 0.15) is 5.82 Å². The summed E-state index contributed by atoms with van der Waals surface area (Å²) in [4.78, 5) is 7.90.